The van der Waals surface area contributed by atoms with Crippen molar-refractivity contribution in [3.63, 3.8) is 0 Å². The van der Waals surface area contributed by atoms with Crippen molar-refractivity contribution in [3.05, 3.63) is 134 Å². The van der Waals surface area contributed by atoms with E-state index in [-0.39, 0.29) is 38.6 Å². The van der Waals surface area contributed by atoms with E-state index in [9.17, 15) is 9.90 Å². The summed E-state index contributed by atoms with van der Waals surface area (Å²) in [5.41, 5.74) is 15.3. The number of fused-ring (bicyclic) bond motifs is 15. The number of hydrogen-bond acceptors (Lipinski definition) is 8. The number of aliphatic hydroxyl groups excluding tert-OH is 1. The van der Waals surface area contributed by atoms with Crippen LogP contribution in [0.1, 0.15) is 128 Å². The Balaban J connectivity index is 1.45. The Kier molecular flexibility index (Phi) is 7.59. The molecule has 4 bridgehead atoms. The van der Waals surface area contributed by atoms with Crippen LogP contribution in [0, 0.1) is 0 Å². The molecule has 0 fully saturated rings. The summed E-state index contributed by atoms with van der Waals surface area (Å²) in [6.45, 7) is 26.1. The van der Waals surface area contributed by atoms with E-state index in [4.69, 9.17) is 30.7 Å². The van der Waals surface area contributed by atoms with Crippen LogP contribution in [-0.2, 0) is 21.7 Å². The molecule has 10 rings (SSSR count). The zero-order valence-electron chi connectivity index (χ0n) is 36.5. The fraction of sp³-hybridized carbons (Fsp3) is 0.327. The predicted molar refractivity (Wildman–Crippen MR) is 246 cm³/mol. The molecule has 11 heteroatoms. The van der Waals surface area contributed by atoms with Gasteiger partial charge in [0.05, 0.1) is 0 Å². The Morgan fingerprint density at radius 3 is 1.50 bits per heavy atom. The van der Waals surface area contributed by atoms with E-state index in [1.54, 1.807) is 8.47 Å². The molecular formula is C49H52N8O2Si. The second-order valence-corrected chi connectivity index (χ2v) is 23.6. The highest BCUT2D eigenvalue weighted by Crippen LogP contribution is 2.44. The van der Waals surface area contributed by atoms with Crippen molar-refractivity contribution in [2.24, 2.45) is 25.0 Å². The van der Waals surface area contributed by atoms with Crippen LogP contribution in [0.15, 0.2) is 103 Å². The van der Waals surface area contributed by atoms with Crippen LogP contribution in [0.5, 0.6) is 0 Å². The maximum Gasteiger partial charge on any atom is 0.503 e. The molecule has 0 spiro atoms. The minimum atomic E-state index is -4.83. The van der Waals surface area contributed by atoms with Gasteiger partial charge in [-0.15, -0.1) is 0 Å². The average Bonchev–Trinajstić information content (AvgIpc) is 3.87. The van der Waals surface area contributed by atoms with E-state index >= 15 is 0 Å². The molecule has 2 aromatic heterocycles. The second kappa shape index (κ2) is 11.9. The normalized spacial score (nSPS) is 19.3. The summed E-state index contributed by atoms with van der Waals surface area (Å²) in [6.07, 6.45) is 0. The summed E-state index contributed by atoms with van der Waals surface area (Å²) in [7, 11) is -4.83. The van der Waals surface area contributed by atoms with Crippen molar-refractivity contribution >= 4 is 65.0 Å². The lowest BCUT2D eigenvalue weighted by atomic mass is 9.85. The molecular weight excluding hydrogens is 761 g/mol. The van der Waals surface area contributed by atoms with Crippen LogP contribution in [0.2, 0.25) is 0 Å². The highest BCUT2D eigenvalue weighted by Gasteiger charge is 2.53. The number of nitrogens with zero attached hydrogens (tertiary/aromatic N) is 7. The van der Waals surface area contributed by atoms with Crippen molar-refractivity contribution in [3.8, 4) is 0 Å². The van der Waals surface area contributed by atoms with Crippen molar-refractivity contribution < 1.29 is 9.90 Å². The van der Waals surface area contributed by atoms with Gasteiger partial charge in [0.15, 0.2) is 22.9 Å². The molecule has 1 unspecified atom stereocenters. The van der Waals surface area contributed by atoms with Gasteiger partial charge in [0.1, 0.15) is 28.3 Å². The third kappa shape index (κ3) is 5.30. The van der Waals surface area contributed by atoms with Crippen LogP contribution in [0.4, 0.5) is 11.6 Å². The van der Waals surface area contributed by atoms with Crippen molar-refractivity contribution in [1.29, 1.82) is 0 Å². The lowest BCUT2D eigenvalue weighted by Crippen LogP contribution is -2.62. The van der Waals surface area contributed by atoms with Gasteiger partial charge in [-0.2, -0.15) is 0 Å². The minimum Gasteiger partial charge on any atom is -0.509 e. The van der Waals surface area contributed by atoms with Crippen molar-refractivity contribution in [1.82, 2.24) is 8.47 Å². The fourth-order valence-electron chi connectivity index (χ4n) is 8.89. The summed E-state index contributed by atoms with van der Waals surface area (Å²) in [6, 6.07) is 25.0. The molecule has 4 N–H and O–H groups in total. The quantitative estimate of drug-likeness (QED) is 0.132. The lowest BCUT2D eigenvalue weighted by Gasteiger charge is -2.30. The van der Waals surface area contributed by atoms with Gasteiger partial charge in [-0.1, -0.05) is 132 Å². The molecule has 304 valence electrons. The summed E-state index contributed by atoms with van der Waals surface area (Å²) >= 11 is 0. The van der Waals surface area contributed by atoms with Gasteiger partial charge in [0, 0.05) is 43.8 Å². The molecule has 1 atom stereocenters. The molecule has 0 amide bonds. The Labute approximate surface area is 351 Å². The Hall–Kier alpha value is -5.91. The van der Waals surface area contributed by atoms with Gasteiger partial charge >= 0.3 is 8.64 Å². The van der Waals surface area contributed by atoms with Crippen molar-refractivity contribution in [2.75, 3.05) is 5.73 Å². The smallest absolute Gasteiger partial charge is 0.503 e. The zero-order valence-corrected chi connectivity index (χ0v) is 37.5. The predicted octanol–water partition coefficient (Wildman–Crippen LogP) is 9.03. The molecule has 0 saturated carbocycles. The van der Waals surface area contributed by atoms with Gasteiger partial charge in [0.2, 0.25) is 0 Å². The van der Waals surface area contributed by atoms with E-state index in [1.807, 2.05) is 12.1 Å². The van der Waals surface area contributed by atoms with Crippen molar-refractivity contribution in [2.45, 2.75) is 105 Å². The van der Waals surface area contributed by atoms with E-state index in [1.165, 1.54) is 0 Å². The van der Waals surface area contributed by atoms with E-state index in [0.717, 1.165) is 55.1 Å². The monoisotopic (exact) mass is 812 g/mol. The molecule has 6 heterocycles. The standard InChI is InChI=1S/C49H52N8O2Si/c1-46(2,3)25-15-19-31-33(21-25)38(50)56-42(31)55-41-35-23-27(48(7,8)9)14-18-30(35)39(52-41)53-44-36-24-28(49(10,11)12)16-20-32(36)43-54-40-34-22-26(47(4,5)6)13-17-29(34)37(51-40)45(58)60(56,59)57(43)44/h13-24,58-59H,50H2,1-12H3/b45-37?,53-44?,54-43?,55-41-. The highest BCUT2D eigenvalue weighted by atomic mass is 28.4. The SMILES string of the molecule is CC(C)(C)c1ccc2c(c1)C1=NC2=C(O)[Si]2(O)n3c(N)c4cc(C(C)(C)C)ccc4c3/N=C3\N=C(N=c4c5cc(C(C)(C)C)ccc5c(n42)=N1)c1ccc(C(C)(C)C)cc13. The first-order valence-corrected chi connectivity index (χ1v) is 22.6. The molecule has 6 aromatic rings. The Morgan fingerprint density at radius 2 is 0.917 bits per heavy atom. The summed E-state index contributed by atoms with van der Waals surface area (Å²) in [4.78, 5) is 40.8. The van der Waals surface area contributed by atoms with Gasteiger partial charge in [0.25, 0.3) is 0 Å². The van der Waals surface area contributed by atoms with Gasteiger partial charge < -0.3 is 15.6 Å². The maximum absolute atomic E-state index is 14.3. The molecule has 10 nitrogen and oxygen atoms in total. The maximum atomic E-state index is 14.3. The van der Waals surface area contributed by atoms with Gasteiger partial charge in [-0.25, -0.2) is 25.0 Å². The van der Waals surface area contributed by atoms with Crippen LogP contribution < -0.4 is 16.7 Å². The molecule has 0 saturated heterocycles. The van der Waals surface area contributed by atoms with Gasteiger partial charge in [-0.05, 0) is 68.2 Å². The summed E-state index contributed by atoms with van der Waals surface area (Å²) < 4.78 is 3.44. The van der Waals surface area contributed by atoms with Crippen LogP contribution in [0.25, 0.3) is 27.2 Å². The zero-order chi connectivity index (χ0) is 42.8. The number of nitrogen functional groups attached to an aromatic ring is 1. The second-order valence-electron chi connectivity index (χ2n) is 20.9. The topological polar surface area (TPSA) is 138 Å². The van der Waals surface area contributed by atoms with Gasteiger partial charge in [-0.3, -0.25) is 8.47 Å². The number of aliphatic hydroxyl groups is 1. The number of benzene rings is 4. The van der Waals surface area contributed by atoms with E-state index in [0.29, 0.717) is 45.2 Å². The number of nitrogens with two attached hydrogens (primary N) is 1. The van der Waals surface area contributed by atoms with E-state index in [2.05, 4.69) is 144 Å². The van der Waals surface area contributed by atoms with E-state index < -0.39 is 8.64 Å². The minimum absolute atomic E-state index is 0.149. The highest BCUT2D eigenvalue weighted by molar-refractivity contribution is 6.78. The number of hydrogen-bond donors (Lipinski definition) is 3. The number of aliphatic imine (C=N–C) groups is 3. The third-order valence-corrected chi connectivity index (χ3v) is 15.6. The molecule has 4 aliphatic rings. The van der Waals surface area contributed by atoms with Crippen LogP contribution in [0.3, 0.4) is 0 Å². The Bertz CT molecular complexity index is 3220. The molecule has 0 radical (unpaired) electrons. The third-order valence-electron chi connectivity index (χ3n) is 12.6. The molecule has 0 aliphatic carbocycles. The largest absolute Gasteiger partial charge is 0.509 e. The number of aromatic nitrogens is 2. The first-order valence-electron chi connectivity index (χ1n) is 20.8. The average molecular weight is 813 g/mol. The molecule has 4 aromatic carbocycles. The Morgan fingerprint density at radius 1 is 0.467 bits per heavy atom. The molecule has 4 aliphatic heterocycles. The summed E-state index contributed by atoms with van der Waals surface area (Å²) in [5.74, 6) is 2.02. The van der Waals surface area contributed by atoms with Crippen LogP contribution >= 0.6 is 0 Å². The van der Waals surface area contributed by atoms with Crippen LogP contribution in [-0.4, -0.2) is 44.5 Å². The molecule has 60 heavy (non-hydrogen) atoms. The number of rotatable bonds is 0. The summed E-state index contributed by atoms with van der Waals surface area (Å²) in [5, 5.41) is 15.9. The lowest BCUT2D eigenvalue weighted by molar-refractivity contribution is 0.389. The first-order chi connectivity index (χ1) is 28.0. The fourth-order valence-corrected chi connectivity index (χ4v) is 11.9. The number of amidine groups is 3. The number of anilines is 1. The first kappa shape index (κ1) is 38.3.